The fraction of sp³-hybridized carbons (Fsp3) is 0.389. The Morgan fingerprint density at radius 2 is 2.00 bits per heavy atom. The predicted octanol–water partition coefficient (Wildman–Crippen LogP) is -2.32. The van der Waals surface area contributed by atoms with Crippen molar-refractivity contribution in [3.05, 3.63) is 57.6 Å². The first-order chi connectivity index (χ1) is 15.0. The molecule has 0 aliphatic carbocycles. The number of hydrogen-bond acceptors (Lipinski definition) is 11. The molecule has 174 valence electrons. The fourth-order valence-electron chi connectivity index (χ4n) is 3.46. The maximum Gasteiger partial charge on any atom is 0.353 e. The molecular weight excluding hydrogens is 433 g/mol. The number of aryl methyl sites for hydroxylation is 1. The number of amides is 1. The summed E-state index contributed by atoms with van der Waals surface area (Å²) < 4.78 is 17.9. The molecule has 1 amide bonds. The summed E-state index contributed by atoms with van der Waals surface area (Å²) in [5.74, 6) is -5.72. The monoisotopic (exact) mass is 455 g/mol. The number of halogens is 1. The zero-order chi connectivity index (χ0) is 23.8. The van der Waals surface area contributed by atoms with Crippen LogP contribution in [0.3, 0.4) is 0 Å². The highest BCUT2D eigenvalue weighted by molar-refractivity contribution is 5.97. The Bertz CT molecular complexity index is 1070. The molecule has 1 aromatic carbocycles. The van der Waals surface area contributed by atoms with E-state index in [1.165, 1.54) is 0 Å². The van der Waals surface area contributed by atoms with Gasteiger partial charge in [-0.15, -0.1) is 5.06 Å². The molecular formula is C18H22FN5O8. The Balaban J connectivity index is 2.17. The Morgan fingerprint density at radius 3 is 2.56 bits per heavy atom. The van der Waals surface area contributed by atoms with Crippen LogP contribution in [-0.4, -0.2) is 70.7 Å². The van der Waals surface area contributed by atoms with E-state index in [4.69, 9.17) is 10.5 Å². The maximum atomic E-state index is 12.7. The van der Waals surface area contributed by atoms with Gasteiger partial charge in [0.15, 0.2) is 0 Å². The summed E-state index contributed by atoms with van der Waals surface area (Å²) in [4.78, 5) is 27.5. The van der Waals surface area contributed by atoms with Crippen molar-refractivity contribution in [2.24, 2.45) is 0 Å². The van der Waals surface area contributed by atoms with Crippen molar-refractivity contribution in [2.45, 2.75) is 37.3 Å². The van der Waals surface area contributed by atoms with Crippen LogP contribution in [0, 0.1) is 6.92 Å². The quantitative estimate of drug-likeness (QED) is 0.140. The summed E-state index contributed by atoms with van der Waals surface area (Å²) in [7, 11) is 0. The van der Waals surface area contributed by atoms with Gasteiger partial charge in [0.05, 0.1) is 13.2 Å². The van der Waals surface area contributed by atoms with Crippen molar-refractivity contribution in [3.63, 3.8) is 0 Å². The number of hydroxylamine groups is 2. The third-order valence-corrected chi connectivity index (χ3v) is 5.23. The maximum absolute atomic E-state index is 12.7. The molecule has 0 spiro atoms. The van der Waals surface area contributed by atoms with Gasteiger partial charge in [-0.3, -0.25) is 4.79 Å². The van der Waals surface area contributed by atoms with Gasteiger partial charge in [0.2, 0.25) is 5.72 Å². The van der Waals surface area contributed by atoms with Gasteiger partial charge in [0.1, 0.15) is 23.6 Å². The topological polar surface area (TPSA) is 204 Å². The van der Waals surface area contributed by atoms with E-state index < -0.39 is 60.0 Å². The average Bonchev–Trinajstić information content (AvgIpc) is 2.96. The molecule has 0 saturated carbocycles. The largest absolute Gasteiger partial charge is 0.394 e. The van der Waals surface area contributed by atoms with Crippen LogP contribution in [0.5, 0.6) is 0 Å². The number of aliphatic hydroxyl groups excluding tert-OH is 2. The normalized spacial score (nSPS) is 27.6. The number of benzene rings is 1. The Hall–Kier alpha value is -2.98. The summed E-state index contributed by atoms with van der Waals surface area (Å²) in [6, 6.07) is 6.56. The Kier molecular flexibility index (Phi) is 6.30. The van der Waals surface area contributed by atoms with Gasteiger partial charge in [0.25, 0.3) is 5.91 Å². The van der Waals surface area contributed by atoms with Gasteiger partial charge in [-0.2, -0.15) is 5.54 Å². The molecule has 1 aliphatic heterocycles. The molecule has 4 atom stereocenters. The van der Waals surface area contributed by atoms with Crippen LogP contribution < -0.4 is 17.0 Å². The number of aromatic nitrogens is 2. The van der Waals surface area contributed by atoms with Crippen LogP contribution in [0.15, 0.2) is 35.3 Å². The zero-order valence-corrected chi connectivity index (χ0v) is 16.7. The molecule has 1 aromatic heterocycles. The van der Waals surface area contributed by atoms with Gasteiger partial charge in [0, 0.05) is 6.20 Å². The van der Waals surface area contributed by atoms with Crippen LogP contribution in [0.4, 0.5) is 10.3 Å². The predicted molar refractivity (Wildman–Crippen MR) is 103 cm³/mol. The first-order valence-electron chi connectivity index (χ1n) is 9.23. The SMILES string of the molecule is Cc1ccc(CN(O)[C@@]2(O)[C@H](O)[C@@H](CO)O[C@@]2(O)n2c(N)c(C(=O)NF)cnc2=O)cc1. The van der Waals surface area contributed by atoms with Gasteiger partial charge in [-0.05, 0) is 12.5 Å². The number of carbonyl (C=O) groups excluding carboxylic acids is 1. The first-order valence-corrected chi connectivity index (χ1v) is 9.23. The third-order valence-electron chi connectivity index (χ3n) is 5.23. The standard InChI is InChI=1S/C18H22FN5O8/c1-9-2-4-10(5-3-9)7-23(31)17(29)13(26)12(8-25)32-18(17,30)24-14(20)11(15(27)22-19)6-21-16(24)28/h2-6,12-13,25-26,29-31H,7-8,20H2,1H3,(H,22,27)/t12-,13-,17-,18-/m1/s1. The molecule has 2 aromatic rings. The minimum Gasteiger partial charge on any atom is -0.394 e. The summed E-state index contributed by atoms with van der Waals surface area (Å²) in [6.45, 7) is 0.358. The number of aliphatic hydroxyl groups is 4. The lowest BCUT2D eigenvalue weighted by Gasteiger charge is -2.42. The molecule has 2 heterocycles. The van der Waals surface area contributed by atoms with E-state index in [2.05, 4.69) is 4.98 Å². The van der Waals surface area contributed by atoms with Gasteiger partial charge < -0.3 is 36.1 Å². The van der Waals surface area contributed by atoms with E-state index in [-0.39, 0.29) is 9.63 Å². The van der Waals surface area contributed by atoms with Crippen LogP contribution in [0.2, 0.25) is 0 Å². The second-order valence-electron chi connectivity index (χ2n) is 7.26. The molecule has 1 fully saturated rings. The van der Waals surface area contributed by atoms with Crippen molar-refractivity contribution in [2.75, 3.05) is 12.3 Å². The van der Waals surface area contributed by atoms with E-state index in [1.807, 2.05) is 6.92 Å². The number of nitrogens with one attached hydrogen (secondary N) is 1. The number of anilines is 1. The van der Waals surface area contributed by atoms with E-state index in [0.29, 0.717) is 11.8 Å². The average molecular weight is 455 g/mol. The lowest BCUT2D eigenvalue weighted by Crippen LogP contribution is -2.68. The molecule has 0 bridgehead atoms. The van der Waals surface area contributed by atoms with E-state index in [0.717, 1.165) is 11.1 Å². The number of ether oxygens (including phenoxy) is 1. The molecule has 1 saturated heterocycles. The Morgan fingerprint density at radius 1 is 1.38 bits per heavy atom. The molecule has 1 aliphatic rings. The van der Waals surface area contributed by atoms with Crippen molar-refractivity contribution >= 4 is 11.7 Å². The van der Waals surface area contributed by atoms with Gasteiger partial charge in [-0.1, -0.05) is 34.3 Å². The van der Waals surface area contributed by atoms with Crippen molar-refractivity contribution in [1.29, 1.82) is 0 Å². The zero-order valence-electron chi connectivity index (χ0n) is 16.7. The summed E-state index contributed by atoms with van der Waals surface area (Å²) in [5.41, 5.74) is 2.51. The van der Waals surface area contributed by atoms with Crippen molar-refractivity contribution in [1.82, 2.24) is 20.2 Å². The van der Waals surface area contributed by atoms with E-state index in [1.54, 1.807) is 24.3 Å². The molecule has 8 N–H and O–H groups in total. The highest BCUT2D eigenvalue weighted by Crippen LogP contribution is 2.44. The van der Waals surface area contributed by atoms with E-state index >= 15 is 0 Å². The lowest BCUT2D eigenvalue weighted by atomic mass is 9.99. The molecule has 13 nitrogen and oxygen atoms in total. The van der Waals surface area contributed by atoms with Gasteiger partial charge >= 0.3 is 11.6 Å². The van der Waals surface area contributed by atoms with E-state index in [9.17, 15) is 39.7 Å². The highest BCUT2D eigenvalue weighted by atomic mass is 19.2. The number of nitrogens with two attached hydrogens (primary N) is 1. The Labute approximate surface area is 179 Å². The second kappa shape index (κ2) is 8.51. The molecule has 0 radical (unpaired) electrons. The van der Waals surface area contributed by atoms with Crippen LogP contribution in [-0.2, 0) is 17.2 Å². The molecule has 0 unspecified atom stereocenters. The van der Waals surface area contributed by atoms with Crippen LogP contribution in [0.25, 0.3) is 0 Å². The second-order valence-corrected chi connectivity index (χ2v) is 7.26. The summed E-state index contributed by atoms with van der Waals surface area (Å²) in [6.07, 6.45) is -3.30. The number of nitrogen functional groups attached to an aromatic ring is 1. The number of carbonyl (C=O) groups is 1. The minimum atomic E-state index is -3.37. The first kappa shape index (κ1) is 23.7. The smallest absolute Gasteiger partial charge is 0.353 e. The minimum absolute atomic E-state index is 0.0643. The number of hydrogen-bond donors (Lipinski definition) is 7. The van der Waals surface area contributed by atoms with Crippen molar-refractivity contribution in [3.8, 4) is 0 Å². The molecule has 14 heteroatoms. The third kappa shape index (κ3) is 3.53. The molecule has 3 rings (SSSR count). The highest BCUT2D eigenvalue weighted by Gasteiger charge is 2.70. The summed E-state index contributed by atoms with van der Waals surface area (Å²) in [5, 5.41) is 53.4. The number of nitrogens with zero attached hydrogens (tertiary/aromatic N) is 3. The number of rotatable bonds is 6. The summed E-state index contributed by atoms with van der Waals surface area (Å²) >= 11 is 0. The fourth-order valence-corrected chi connectivity index (χ4v) is 3.46. The molecule has 32 heavy (non-hydrogen) atoms. The van der Waals surface area contributed by atoms with Gasteiger partial charge in [-0.25, -0.2) is 14.3 Å². The van der Waals surface area contributed by atoms with Crippen molar-refractivity contribution < 1.29 is 39.6 Å². The lowest BCUT2D eigenvalue weighted by molar-refractivity contribution is -0.413. The van der Waals surface area contributed by atoms with Crippen LogP contribution >= 0.6 is 0 Å². The van der Waals surface area contributed by atoms with Crippen LogP contribution in [0.1, 0.15) is 21.5 Å².